The van der Waals surface area contributed by atoms with Crippen LogP contribution in [-0.2, 0) is 11.2 Å². The Morgan fingerprint density at radius 2 is 1.83 bits per heavy atom. The Bertz CT molecular complexity index is 494. The van der Waals surface area contributed by atoms with E-state index in [9.17, 15) is 9.90 Å². The number of hydrogen-bond donors (Lipinski definition) is 1. The molecular formula is C20H32N2O2. The molecule has 24 heavy (non-hydrogen) atoms. The molecule has 0 radical (unpaired) electrons. The summed E-state index contributed by atoms with van der Waals surface area (Å²) in [5.74, 6) is 0.873. The fourth-order valence-electron chi connectivity index (χ4n) is 3.40. The quantitative estimate of drug-likeness (QED) is 0.834. The normalized spacial score (nSPS) is 17.5. The van der Waals surface area contributed by atoms with Gasteiger partial charge in [0.2, 0.25) is 5.91 Å². The van der Waals surface area contributed by atoms with Gasteiger partial charge in [-0.1, -0.05) is 30.3 Å². The van der Waals surface area contributed by atoms with Crippen molar-refractivity contribution in [2.24, 2.45) is 5.92 Å². The third-order valence-electron chi connectivity index (χ3n) is 4.90. The zero-order valence-electron chi connectivity index (χ0n) is 15.3. The van der Waals surface area contributed by atoms with Gasteiger partial charge in [-0.2, -0.15) is 0 Å². The number of benzene rings is 1. The van der Waals surface area contributed by atoms with E-state index in [-0.39, 0.29) is 11.9 Å². The molecule has 1 atom stereocenters. The lowest BCUT2D eigenvalue weighted by atomic mass is 9.90. The van der Waals surface area contributed by atoms with Gasteiger partial charge < -0.3 is 10.0 Å². The van der Waals surface area contributed by atoms with Gasteiger partial charge >= 0.3 is 0 Å². The second-order valence-electron chi connectivity index (χ2n) is 7.39. The molecule has 0 saturated carbocycles. The van der Waals surface area contributed by atoms with Crippen LogP contribution in [0, 0.1) is 5.92 Å². The number of piperidine rings is 1. The lowest BCUT2D eigenvalue weighted by Gasteiger charge is -2.35. The van der Waals surface area contributed by atoms with E-state index >= 15 is 0 Å². The number of nitrogens with zero attached hydrogens (tertiary/aromatic N) is 2. The Kier molecular flexibility index (Phi) is 7.25. The first-order valence-corrected chi connectivity index (χ1v) is 9.19. The van der Waals surface area contributed by atoms with Crippen LogP contribution in [0.4, 0.5) is 0 Å². The number of aliphatic hydroxyl groups is 1. The van der Waals surface area contributed by atoms with Crippen molar-refractivity contribution in [1.29, 1.82) is 0 Å². The van der Waals surface area contributed by atoms with Crippen molar-refractivity contribution in [2.45, 2.75) is 52.2 Å². The van der Waals surface area contributed by atoms with Crippen molar-refractivity contribution in [3.63, 3.8) is 0 Å². The van der Waals surface area contributed by atoms with Crippen LogP contribution in [0.25, 0.3) is 0 Å². The summed E-state index contributed by atoms with van der Waals surface area (Å²) in [7, 11) is 0. The Morgan fingerprint density at radius 1 is 1.21 bits per heavy atom. The first kappa shape index (κ1) is 18.9. The zero-order chi connectivity index (χ0) is 17.5. The van der Waals surface area contributed by atoms with E-state index in [1.807, 2.05) is 4.90 Å². The molecule has 1 unspecified atom stereocenters. The van der Waals surface area contributed by atoms with E-state index in [0.29, 0.717) is 19.0 Å². The van der Waals surface area contributed by atoms with Crippen LogP contribution in [0.5, 0.6) is 0 Å². The maximum Gasteiger partial charge on any atom is 0.236 e. The number of aliphatic hydroxyl groups excluding tert-OH is 1. The highest BCUT2D eigenvalue weighted by Crippen LogP contribution is 2.22. The highest BCUT2D eigenvalue weighted by molar-refractivity contribution is 5.78. The Balaban J connectivity index is 1.79. The predicted octanol–water partition coefficient (Wildman–Crippen LogP) is 2.56. The summed E-state index contributed by atoms with van der Waals surface area (Å²) < 4.78 is 0. The lowest BCUT2D eigenvalue weighted by Crippen LogP contribution is -2.47. The van der Waals surface area contributed by atoms with Gasteiger partial charge in [-0.15, -0.1) is 0 Å². The van der Waals surface area contributed by atoms with Crippen molar-refractivity contribution in [1.82, 2.24) is 9.80 Å². The number of rotatable bonds is 7. The minimum absolute atomic E-state index is 0.197. The number of carbonyl (C=O) groups excluding carboxylic acids is 1. The molecule has 1 aliphatic heterocycles. The highest BCUT2D eigenvalue weighted by Gasteiger charge is 2.25. The van der Waals surface area contributed by atoms with Crippen molar-refractivity contribution in [3.8, 4) is 0 Å². The van der Waals surface area contributed by atoms with Crippen LogP contribution < -0.4 is 0 Å². The number of amides is 1. The van der Waals surface area contributed by atoms with E-state index in [4.69, 9.17) is 0 Å². The molecule has 4 heteroatoms. The predicted molar refractivity (Wildman–Crippen MR) is 97.8 cm³/mol. The minimum atomic E-state index is -0.406. The summed E-state index contributed by atoms with van der Waals surface area (Å²) in [5, 5.41) is 9.60. The SMILES string of the molecule is CC(O)CN(CC(=O)N1CCC(Cc2ccccc2)CC1)C(C)C. The van der Waals surface area contributed by atoms with Crippen LogP contribution in [0.3, 0.4) is 0 Å². The summed E-state index contributed by atoms with van der Waals surface area (Å²) in [4.78, 5) is 16.6. The number of carbonyl (C=O) groups is 1. The first-order chi connectivity index (χ1) is 11.5. The van der Waals surface area contributed by atoms with Gasteiger partial charge in [0.15, 0.2) is 0 Å². The largest absolute Gasteiger partial charge is 0.392 e. The smallest absolute Gasteiger partial charge is 0.236 e. The summed E-state index contributed by atoms with van der Waals surface area (Å²) in [5.41, 5.74) is 1.39. The van der Waals surface area contributed by atoms with Gasteiger partial charge in [0.05, 0.1) is 12.6 Å². The Morgan fingerprint density at radius 3 is 2.38 bits per heavy atom. The third kappa shape index (κ3) is 5.91. The summed E-state index contributed by atoms with van der Waals surface area (Å²) in [6.45, 7) is 8.59. The van der Waals surface area contributed by atoms with Gasteiger partial charge in [0, 0.05) is 25.7 Å². The molecule has 1 aromatic rings. The van der Waals surface area contributed by atoms with Crippen LogP contribution in [-0.4, -0.2) is 59.1 Å². The molecule has 1 aromatic carbocycles. The van der Waals surface area contributed by atoms with Crippen LogP contribution >= 0.6 is 0 Å². The Hall–Kier alpha value is -1.39. The van der Waals surface area contributed by atoms with Crippen LogP contribution in [0.15, 0.2) is 30.3 Å². The average molecular weight is 332 g/mol. The fraction of sp³-hybridized carbons (Fsp3) is 0.650. The molecule has 1 fully saturated rings. The Labute approximate surface area is 146 Å². The minimum Gasteiger partial charge on any atom is -0.392 e. The third-order valence-corrected chi connectivity index (χ3v) is 4.90. The fourth-order valence-corrected chi connectivity index (χ4v) is 3.40. The molecule has 134 valence electrons. The van der Waals surface area contributed by atoms with E-state index in [0.717, 1.165) is 32.4 Å². The van der Waals surface area contributed by atoms with Gasteiger partial charge in [0.1, 0.15) is 0 Å². The van der Waals surface area contributed by atoms with Gasteiger partial charge in [-0.3, -0.25) is 9.69 Å². The number of likely N-dealkylation sites (tertiary alicyclic amines) is 1. The van der Waals surface area contributed by atoms with Gasteiger partial charge in [0.25, 0.3) is 0 Å². The summed E-state index contributed by atoms with van der Waals surface area (Å²) in [6, 6.07) is 10.9. The average Bonchev–Trinajstić information content (AvgIpc) is 2.55. The molecule has 1 N–H and O–H groups in total. The molecule has 1 heterocycles. The molecule has 2 rings (SSSR count). The van der Waals surface area contributed by atoms with Crippen molar-refractivity contribution >= 4 is 5.91 Å². The standard InChI is InChI=1S/C20H32N2O2/c1-16(2)22(14-17(3)23)15-20(24)21-11-9-19(10-12-21)13-18-7-5-4-6-8-18/h4-8,16-17,19,23H,9-15H2,1-3H3. The van der Waals surface area contributed by atoms with Crippen molar-refractivity contribution in [3.05, 3.63) is 35.9 Å². The maximum atomic E-state index is 12.6. The molecule has 1 amide bonds. The lowest BCUT2D eigenvalue weighted by molar-refractivity contribution is -0.134. The second-order valence-corrected chi connectivity index (χ2v) is 7.39. The maximum absolute atomic E-state index is 12.6. The van der Waals surface area contributed by atoms with Crippen LogP contribution in [0.1, 0.15) is 39.2 Å². The molecule has 0 aliphatic carbocycles. The van der Waals surface area contributed by atoms with Crippen molar-refractivity contribution in [2.75, 3.05) is 26.2 Å². The van der Waals surface area contributed by atoms with E-state index in [1.54, 1.807) is 6.92 Å². The molecule has 4 nitrogen and oxygen atoms in total. The first-order valence-electron chi connectivity index (χ1n) is 9.19. The summed E-state index contributed by atoms with van der Waals surface area (Å²) >= 11 is 0. The van der Waals surface area contributed by atoms with Crippen LogP contribution in [0.2, 0.25) is 0 Å². The molecule has 0 spiro atoms. The zero-order valence-corrected chi connectivity index (χ0v) is 15.3. The van der Waals surface area contributed by atoms with Gasteiger partial charge in [-0.25, -0.2) is 0 Å². The second kappa shape index (κ2) is 9.19. The van der Waals surface area contributed by atoms with Gasteiger partial charge in [-0.05, 0) is 51.5 Å². The van der Waals surface area contributed by atoms with E-state index in [1.165, 1.54) is 5.56 Å². The molecule has 0 bridgehead atoms. The molecule has 1 saturated heterocycles. The molecule has 1 aliphatic rings. The topological polar surface area (TPSA) is 43.8 Å². The molecular weight excluding hydrogens is 300 g/mol. The number of hydrogen-bond acceptors (Lipinski definition) is 3. The monoisotopic (exact) mass is 332 g/mol. The van der Waals surface area contributed by atoms with E-state index < -0.39 is 6.10 Å². The van der Waals surface area contributed by atoms with Crippen molar-refractivity contribution < 1.29 is 9.90 Å². The highest BCUT2D eigenvalue weighted by atomic mass is 16.3. The van der Waals surface area contributed by atoms with E-state index in [2.05, 4.69) is 49.1 Å². The summed E-state index contributed by atoms with van der Waals surface area (Å²) in [6.07, 6.45) is 2.87. The molecule has 0 aromatic heterocycles.